The summed E-state index contributed by atoms with van der Waals surface area (Å²) >= 11 is 0. The maximum absolute atomic E-state index is 11.1. The maximum Gasteiger partial charge on any atom is 0.379 e. The summed E-state index contributed by atoms with van der Waals surface area (Å²) in [5.41, 5.74) is 0.987. The standard InChI is InChI=1S/C13H14O4/c1-2-17-13(15)12(14)8-9-16-10-11-6-4-3-5-7-11/h3-9H,2,10H2,1H3/b9-8+. The first-order chi connectivity index (χ1) is 8.24. The molecular weight excluding hydrogens is 220 g/mol. The van der Waals surface area contributed by atoms with E-state index in [1.54, 1.807) is 6.92 Å². The molecule has 0 aromatic heterocycles. The van der Waals surface area contributed by atoms with Gasteiger partial charge in [-0.3, -0.25) is 4.79 Å². The van der Waals surface area contributed by atoms with Crippen LogP contribution in [0.3, 0.4) is 0 Å². The van der Waals surface area contributed by atoms with E-state index in [4.69, 9.17) is 4.74 Å². The first-order valence-electron chi connectivity index (χ1n) is 5.27. The largest absolute Gasteiger partial charge is 0.496 e. The third kappa shape index (κ3) is 4.97. The highest BCUT2D eigenvalue weighted by Gasteiger charge is 2.10. The summed E-state index contributed by atoms with van der Waals surface area (Å²) in [7, 11) is 0. The molecule has 4 heteroatoms. The van der Waals surface area contributed by atoms with Gasteiger partial charge in [-0.1, -0.05) is 30.3 Å². The zero-order valence-electron chi connectivity index (χ0n) is 9.59. The van der Waals surface area contributed by atoms with Crippen LogP contribution in [0.5, 0.6) is 0 Å². The summed E-state index contributed by atoms with van der Waals surface area (Å²) in [5, 5.41) is 0. The molecule has 17 heavy (non-hydrogen) atoms. The number of benzene rings is 1. The number of ketones is 1. The molecule has 0 saturated carbocycles. The van der Waals surface area contributed by atoms with E-state index < -0.39 is 11.8 Å². The Hall–Kier alpha value is -2.10. The first-order valence-corrected chi connectivity index (χ1v) is 5.27. The molecule has 0 unspecified atom stereocenters. The molecule has 0 aliphatic rings. The smallest absolute Gasteiger partial charge is 0.379 e. The van der Waals surface area contributed by atoms with E-state index >= 15 is 0 Å². The Bertz CT molecular complexity index is 395. The third-order valence-electron chi connectivity index (χ3n) is 1.89. The van der Waals surface area contributed by atoms with Crippen molar-refractivity contribution < 1.29 is 19.1 Å². The molecule has 0 N–H and O–H groups in total. The molecule has 1 aromatic carbocycles. The molecule has 0 aliphatic heterocycles. The molecule has 4 nitrogen and oxygen atoms in total. The topological polar surface area (TPSA) is 52.6 Å². The summed E-state index contributed by atoms with van der Waals surface area (Å²) in [5.74, 6) is -1.59. The van der Waals surface area contributed by atoms with Crippen LogP contribution in [0, 0.1) is 0 Å². The van der Waals surface area contributed by atoms with Gasteiger partial charge in [0.15, 0.2) is 0 Å². The SMILES string of the molecule is CCOC(=O)C(=O)/C=C/OCc1ccccc1. The summed E-state index contributed by atoms with van der Waals surface area (Å²) in [6.45, 7) is 2.18. The Balaban J connectivity index is 2.31. The Kier molecular flexibility index (Phi) is 5.51. The number of esters is 1. The highest BCUT2D eigenvalue weighted by atomic mass is 16.5. The van der Waals surface area contributed by atoms with Gasteiger partial charge in [-0.25, -0.2) is 4.79 Å². The molecule has 0 amide bonds. The van der Waals surface area contributed by atoms with Crippen LogP contribution in [0.15, 0.2) is 42.7 Å². The molecule has 90 valence electrons. The molecule has 1 aromatic rings. The van der Waals surface area contributed by atoms with Crippen LogP contribution in [0.25, 0.3) is 0 Å². The van der Waals surface area contributed by atoms with Crippen LogP contribution in [0.2, 0.25) is 0 Å². The van der Waals surface area contributed by atoms with E-state index in [0.29, 0.717) is 6.61 Å². The first kappa shape index (κ1) is 13.0. The molecule has 0 spiro atoms. The van der Waals surface area contributed by atoms with Gasteiger partial charge >= 0.3 is 5.97 Å². The Morgan fingerprint density at radius 1 is 1.24 bits per heavy atom. The van der Waals surface area contributed by atoms with Crippen LogP contribution in [0.4, 0.5) is 0 Å². The van der Waals surface area contributed by atoms with Crippen LogP contribution < -0.4 is 0 Å². The second-order valence-electron chi connectivity index (χ2n) is 3.18. The van der Waals surface area contributed by atoms with Gasteiger partial charge in [0.1, 0.15) is 6.61 Å². The van der Waals surface area contributed by atoms with Gasteiger partial charge in [0.2, 0.25) is 0 Å². The number of ether oxygens (including phenoxy) is 2. The number of rotatable bonds is 6. The highest BCUT2D eigenvalue weighted by molar-refractivity contribution is 6.38. The van der Waals surface area contributed by atoms with E-state index in [0.717, 1.165) is 11.6 Å². The molecule has 0 radical (unpaired) electrons. The monoisotopic (exact) mass is 234 g/mol. The van der Waals surface area contributed by atoms with Crippen molar-refractivity contribution in [1.82, 2.24) is 0 Å². The zero-order chi connectivity index (χ0) is 12.5. The minimum absolute atomic E-state index is 0.184. The fraction of sp³-hybridized carbons (Fsp3) is 0.231. The van der Waals surface area contributed by atoms with Gasteiger partial charge in [-0.2, -0.15) is 0 Å². The van der Waals surface area contributed by atoms with Crippen molar-refractivity contribution in [2.24, 2.45) is 0 Å². The van der Waals surface area contributed by atoms with Crippen LogP contribution in [-0.2, 0) is 25.7 Å². The van der Waals surface area contributed by atoms with Crippen molar-refractivity contribution in [3.8, 4) is 0 Å². The van der Waals surface area contributed by atoms with E-state index in [2.05, 4.69) is 4.74 Å². The number of hydrogen-bond donors (Lipinski definition) is 0. The van der Waals surface area contributed by atoms with Gasteiger partial charge in [-0.05, 0) is 12.5 Å². The summed E-state index contributed by atoms with van der Waals surface area (Å²) in [6.07, 6.45) is 2.26. The van der Waals surface area contributed by atoms with E-state index in [-0.39, 0.29) is 6.61 Å². The average Bonchev–Trinajstić information content (AvgIpc) is 2.36. The van der Waals surface area contributed by atoms with E-state index in [1.165, 1.54) is 6.26 Å². The minimum Gasteiger partial charge on any atom is -0.496 e. The molecular formula is C13H14O4. The Labute approximate surface area is 99.8 Å². The lowest BCUT2D eigenvalue weighted by molar-refractivity contribution is -0.151. The zero-order valence-corrected chi connectivity index (χ0v) is 9.59. The normalized spacial score (nSPS) is 10.2. The molecule has 0 heterocycles. The van der Waals surface area contributed by atoms with Gasteiger partial charge < -0.3 is 9.47 Å². The van der Waals surface area contributed by atoms with Crippen molar-refractivity contribution >= 4 is 11.8 Å². The second-order valence-corrected chi connectivity index (χ2v) is 3.18. The molecule has 0 saturated heterocycles. The van der Waals surface area contributed by atoms with Crippen molar-refractivity contribution in [2.75, 3.05) is 6.61 Å². The lowest BCUT2D eigenvalue weighted by atomic mass is 10.2. The Morgan fingerprint density at radius 3 is 2.59 bits per heavy atom. The highest BCUT2D eigenvalue weighted by Crippen LogP contribution is 2.00. The molecule has 0 aliphatic carbocycles. The van der Waals surface area contributed by atoms with Gasteiger partial charge in [0.25, 0.3) is 5.78 Å². The number of hydrogen-bond acceptors (Lipinski definition) is 4. The predicted octanol–water partition coefficient (Wildman–Crippen LogP) is 1.85. The average molecular weight is 234 g/mol. The predicted molar refractivity (Wildman–Crippen MR) is 62.0 cm³/mol. The van der Waals surface area contributed by atoms with E-state index in [1.807, 2.05) is 30.3 Å². The minimum atomic E-state index is -0.868. The second kappa shape index (κ2) is 7.22. The van der Waals surface area contributed by atoms with Gasteiger partial charge in [-0.15, -0.1) is 0 Å². The molecule has 0 atom stereocenters. The molecule has 0 bridgehead atoms. The van der Waals surface area contributed by atoms with Gasteiger partial charge in [0.05, 0.1) is 12.9 Å². The molecule has 1 rings (SSSR count). The van der Waals surface area contributed by atoms with Crippen molar-refractivity contribution in [1.29, 1.82) is 0 Å². The van der Waals surface area contributed by atoms with Crippen LogP contribution >= 0.6 is 0 Å². The van der Waals surface area contributed by atoms with Crippen molar-refractivity contribution in [3.63, 3.8) is 0 Å². The lowest BCUT2D eigenvalue weighted by Crippen LogP contribution is -2.14. The number of carbonyl (C=O) groups excluding carboxylic acids is 2. The Morgan fingerprint density at radius 2 is 1.94 bits per heavy atom. The van der Waals surface area contributed by atoms with Crippen LogP contribution in [0.1, 0.15) is 12.5 Å². The number of carbonyl (C=O) groups is 2. The fourth-order valence-electron chi connectivity index (χ4n) is 1.10. The van der Waals surface area contributed by atoms with Crippen LogP contribution in [-0.4, -0.2) is 18.4 Å². The summed E-state index contributed by atoms with van der Waals surface area (Å²) in [6, 6.07) is 9.50. The quantitative estimate of drug-likeness (QED) is 0.326. The van der Waals surface area contributed by atoms with Crippen molar-refractivity contribution in [2.45, 2.75) is 13.5 Å². The fourth-order valence-corrected chi connectivity index (χ4v) is 1.10. The van der Waals surface area contributed by atoms with E-state index in [9.17, 15) is 9.59 Å². The third-order valence-corrected chi connectivity index (χ3v) is 1.89. The summed E-state index contributed by atoms with van der Waals surface area (Å²) < 4.78 is 9.63. The van der Waals surface area contributed by atoms with Gasteiger partial charge in [0, 0.05) is 6.08 Å². The molecule has 0 fully saturated rings. The maximum atomic E-state index is 11.1. The summed E-state index contributed by atoms with van der Waals surface area (Å²) in [4.78, 5) is 22.0. The van der Waals surface area contributed by atoms with Crippen molar-refractivity contribution in [3.05, 3.63) is 48.2 Å². The lowest BCUT2D eigenvalue weighted by Gasteiger charge is -2.00.